The number of aromatic amines is 1. The highest BCUT2D eigenvalue weighted by Crippen LogP contribution is 2.15. The molecule has 24 heavy (non-hydrogen) atoms. The van der Waals surface area contributed by atoms with E-state index < -0.39 is 17.9 Å². The second-order valence-corrected chi connectivity index (χ2v) is 5.73. The zero-order chi connectivity index (χ0) is 17.5. The number of ether oxygens (including phenoxy) is 1. The van der Waals surface area contributed by atoms with Crippen LogP contribution < -0.4 is 10.9 Å². The number of hydrogen-bond acceptors (Lipinski definition) is 7. The molecule has 2 aromatic rings. The van der Waals surface area contributed by atoms with Crippen LogP contribution in [0.2, 0.25) is 0 Å². The average Bonchev–Trinajstić information content (AvgIpc) is 2.60. The average molecular weight is 348 g/mol. The van der Waals surface area contributed by atoms with E-state index in [0.717, 1.165) is 11.8 Å². The zero-order valence-electron chi connectivity index (χ0n) is 13.1. The molecule has 1 heterocycles. The molecule has 1 atom stereocenters. The van der Waals surface area contributed by atoms with Gasteiger partial charge in [-0.15, -0.1) is 10.2 Å². The summed E-state index contributed by atoms with van der Waals surface area (Å²) in [7, 11) is 1.26. The quantitative estimate of drug-likeness (QED) is 0.580. The van der Waals surface area contributed by atoms with E-state index in [9.17, 15) is 14.4 Å². The summed E-state index contributed by atoms with van der Waals surface area (Å²) in [6.45, 7) is 1.54. The van der Waals surface area contributed by atoms with E-state index in [4.69, 9.17) is 4.74 Å². The van der Waals surface area contributed by atoms with Crippen LogP contribution in [0, 0.1) is 6.92 Å². The van der Waals surface area contributed by atoms with Gasteiger partial charge in [0.1, 0.15) is 5.69 Å². The monoisotopic (exact) mass is 348 g/mol. The Morgan fingerprint density at radius 3 is 2.62 bits per heavy atom. The Kier molecular flexibility index (Phi) is 6.07. The molecule has 2 N–H and O–H groups in total. The van der Waals surface area contributed by atoms with Gasteiger partial charge in [0, 0.05) is 0 Å². The number of nitrogens with one attached hydrogen (secondary N) is 2. The van der Waals surface area contributed by atoms with Crippen molar-refractivity contribution >= 4 is 23.6 Å². The molecule has 126 valence electrons. The van der Waals surface area contributed by atoms with E-state index >= 15 is 0 Å². The van der Waals surface area contributed by atoms with E-state index in [0.29, 0.717) is 5.56 Å². The summed E-state index contributed by atoms with van der Waals surface area (Å²) in [6.07, 6.45) is 0. The number of aryl methyl sites for hydroxylation is 1. The fourth-order valence-corrected chi connectivity index (χ4v) is 2.44. The van der Waals surface area contributed by atoms with Crippen LogP contribution in [0.4, 0.5) is 0 Å². The van der Waals surface area contributed by atoms with Gasteiger partial charge in [0.2, 0.25) is 5.91 Å². The lowest BCUT2D eigenvalue weighted by Crippen LogP contribution is -2.35. The molecule has 1 amide bonds. The number of esters is 1. The number of carbonyl (C=O) groups excluding carboxylic acids is 2. The Morgan fingerprint density at radius 1 is 1.29 bits per heavy atom. The second-order valence-electron chi connectivity index (χ2n) is 4.77. The predicted molar refractivity (Wildman–Crippen MR) is 87.5 cm³/mol. The maximum Gasteiger partial charge on any atom is 0.333 e. The fraction of sp³-hybridized carbons (Fsp3) is 0.267. The summed E-state index contributed by atoms with van der Waals surface area (Å²) in [6, 6.07) is 7.88. The lowest BCUT2D eigenvalue weighted by molar-refractivity contribution is -0.145. The molecule has 9 heteroatoms. The largest absolute Gasteiger partial charge is 0.467 e. The van der Waals surface area contributed by atoms with E-state index in [1.54, 1.807) is 24.3 Å². The van der Waals surface area contributed by atoms with E-state index in [-0.39, 0.29) is 22.2 Å². The van der Waals surface area contributed by atoms with E-state index in [1.807, 2.05) is 6.07 Å². The first-order valence-electron chi connectivity index (χ1n) is 7.00. The Hall–Kier alpha value is -2.68. The van der Waals surface area contributed by atoms with Crippen LogP contribution in [0.5, 0.6) is 0 Å². The Balaban J connectivity index is 2.01. The number of aromatic nitrogens is 3. The number of rotatable bonds is 6. The number of benzene rings is 1. The number of thioether (sulfide) groups is 1. The van der Waals surface area contributed by atoms with Gasteiger partial charge in [-0.25, -0.2) is 4.79 Å². The molecule has 0 aliphatic rings. The Bertz CT molecular complexity index is 779. The molecule has 0 aliphatic carbocycles. The van der Waals surface area contributed by atoms with Crippen molar-refractivity contribution in [1.29, 1.82) is 0 Å². The standard InChI is InChI=1S/C15H16N4O4S/c1-9-13(21)17-15(19-18-9)24-8-11(20)16-12(14(22)23-2)10-6-4-3-5-7-10/h3-7,12H,8H2,1-2H3,(H,16,20)(H,17,19,21). The van der Waals surface area contributed by atoms with Gasteiger partial charge in [-0.2, -0.15) is 0 Å². The third-order valence-electron chi connectivity index (χ3n) is 3.05. The molecule has 0 saturated carbocycles. The summed E-state index contributed by atoms with van der Waals surface area (Å²) in [5.41, 5.74) is 0.509. The molecule has 1 aromatic heterocycles. The fourth-order valence-electron chi connectivity index (χ4n) is 1.82. The van der Waals surface area contributed by atoms with Crippen LogP contribution in [0.3, 0.4) is 0 Å². The van der Waals surface area contributed by atoms with Crippen molar-refractivity contribution in [3.05, 3.63) is 51.9 Å². The van der Waals surface area contributed by atoms with Crippen LogP contribution in [-0.2, 0) is 14.3 Å². The van der Waals surface area contributed by atoms with Crippen molar-refractivity contribution in [1.82, 2.24) is 20.5 Å². The lowest BCUT2D eigenvalue weighted by atomic mass is 10.1. The van der Waals surface area contributed by atoms with Gasteiger partial charge in [-0.3, -0.25) is 14.6 Å². The first-order chi connectivity index (χ1) is 11.5. The molecule has 2 rings (SSSR count). The summed E-state index contributed by atoms with van der Waals surface area (Å²) in [5, 5.41) is 10.3. The number of nitrogens with zero attached hydrogens (tertiary/aromatic N) is 2. The molecule has 0 radical (unpaired) electrons. The molecular weight excluding hydrogens is 332 g/mol. The first-order valence-corrected chi connectivity index (χ1v) is 7.98. The van der Waals surface area contributed by atoms with Crippen molar-refractivity contribution in [2.45, 2.75) is 18.1 Å². The SMILES string of the molecule is COC(=O)C(NC(=O)CSc1nnc(C)c(=O)[nH]1)c1ccccc1. The van der Waals surface area contributed by atoms with Gasteiger partial charge in [-0.05, 0) is 12.5 Å². The van der Waals surface area contributed by atoms with Crippen LogP contribution in [0.1, 0.15) is 17.3 Å². The number of carbonyl (C=O) groups is 2. The third kappa shape index (κ3) is 4.66. The molecule has 0 aliphatic heterocycles. The summed E-state index contributed by atoms with van der Waals surface area (Å²) < 4.78 is 4.73. The van der Waals surface area contributed by atoms with E-state index in [1.165, 1.54) is 14.0 Å². The molecule has 0 spiro atoms. The van der Waals surface area contributed by atoms with Crippen molar-refractivity contribution in [3.63, 3.8) is 0 Å². The molecular formula is C15H16N4O4S. The van der Waals surface area contributed by atoms with Gasteiger partial charge in [0.25, 0.3) is 5.56 Å². The summed E-state index contributed by atoms with van der Waals surface area (Å²) >= 11 is 1.01. The minimum Gasteiger partial charge on any atom is -0.467 e. The summed E-state index contributed by atoms with van der Waals surface area (Å²) in [4.78, 5) is 37.9. The Morgan fingerprint density at radius 2 is 2.00 bits per heavy atom. The van der Waals surface area contributed by atoms with Gasteiger partial charge >= 0.3 is 5.97 Å². The van der Waals surface area contributed by atoms with Gasteiger partial charge in [0.05, 0.1) is 12.9 Å². The number of methoxy groups -OCH3 is 1. The smallest absolute Gasteiger partial charge is 0.333 e. The van der Waals surface area contributed by atoms with E-state index in [2.05, 4.69) is 20.5 Å². The number of hydrogen-bond donors (Lipinski definition) is 2. The van der Waals surface area contributed by atoms with Crippen LogP contribution >= 0.6 is 11.8 Å². The maximum atomic E-state index is 12.1. The van der Waals surface area contributed by atoms with Crippen molar-refractivity contribution in [3.8, 4) is 0 Å². The molecule has 0 saturated heterocycles. The highest BCUT2D eigenvalue weighted by atomic mass is 32.2. The highest BCUT2D eigenvalue weighted by molar-refractivity contribution is 7.99. The molecule has 1 unspecified atom stereocenters. The van der Waals surface area contributed by atoms with Crippen molar-refractivity contribution in [2.24, 2.45) is 0 Å². The summed E-state index contributed by atoms with van der Waals surface area (Å²) in [5.74, 6) is -1.00. The minimum absolute atomic E-state index is 0.0337. The third-order valence-corrected chi connectivity index (χ3v) is 3.92. The van der Waals surface area contributed by atoms with Crippen molar-refractivity contribution < 1.29 is 14.3 Å². The molecule has 8 nitrogen and oxygen atoms in total. The maximum absolute atomic E-state index is 12.1. The van der Waals surface area contributed by atoms with Crippen LogP contribution in [-0.4, -0.2) is 39.9 Å². The van der Waals surface area contributed by atoms with Gasteiger partial charge < -0.3 is 10.1 Å². The molecule has 0 bridgehead atoms. The number of amides is 1. The lowest BCUT2D eigenvalue weighted by Gasteiger charge is -2.16. The second kappa shape index (κ2) is 8.25. The van der Waals surface area contributed by atoms with Gasteiger partial charge in [-0.1, -0.05) is 42.1 Å². The molecule has 1 aromatic carbocycles. The van der Waals surface area contributed by atoms with Gasteiger partial charge in [0.15, 0.2) is 11.2 Å². The Labute approximate surface area is 142 Å². The minimum atomic E-state index is -0.896. The molecule has 0 fully saturated rings. The topological polar surface area (TPSA) is 114 Å². The van der Waals surface area contributed by atoms with Crippen LogP contribution in [0.25, 0.3) is 0 Å². The normalized spacial score (nSPS) is 11.6. The first kappa shape index (κ1) is 17.7. The predicted octanol–water partition coefficient (Wildman–Crippen LogP) is 0.596. The highest BCUT2D eigenvalue weighted by Gasteiger charge is 2.23. The van der Waals surface area contributed by atoms with Crippen molar-refractivity contribution in [2.75, 3.05) is 12.9 Å². The zero-order valence-corrected chi connectivity index (χ0v) is 13.9. The number of H-pyrrole nitrogens is 1. The van der Waals surface area contributed by atoms with Crippen LogP contribution in [0.15, 0.2) is 40.3 Å².